The van der Waals surface area contributed by atoms with Gasteiger partial charge in [0.15, 0.2) is 0 Å². The number of hydrogen-bond donors (Lipinski definition) is 1. The van der Waals surface area contributed by atoms with E-state index in [2.05, 4.69) is 4.90 Å². The first-order chi connectivity index (χ1) is 10.2. The minimum Gasteiger partial charge on any atom is -0.390 e. The highest BCUT2D eigenvalue weighted by Crippen LogP contribution is 2.44. The van der Waals surface area contributed by atoms with Crippen LogP contribution in [0.5, 0.6) is 0 Å². The van der Waals surface area contributed by atoms with E-state index in [0.29, 0.717) is 12.0 Å². The van der Waals surface area contributed by atoms with Crippen LogP contribution in [0.2, 0.25) is 0 Å². The predicted molar refractivity (Wildman–Crippen MR) is 83.3 cm³/mol. The van der Waals surface area contributed by atoms with Gasteiger partial charge in [-0.15, -0.1) is 0 Å². The zero-order valence-corrected chi connectivity index (χ0v) is 13.4. The number of likely N-dealkylation sites (tertiary alicyclic amines) is 1. The molecule has 4 rings (SSSR count). The van der Waals surface area contributed by atoms with Crippen LogP contribution in [0.15, 0.2) is 0 Å². The zero-order valence-electron chi connectivity index (χ0n) is 13.4. The summed E-state index contributed by atoms with van der Waals surface area (Å²) in [6.07, 6.45) is 13.6. The molecular weight excluding hydrogens is 262 g/mol. The Labute approximate surface area is 129 Å². The first-order valence-electron chi connectivity index (χ1n) is 9.30. The molecule has 120 valence electrons. The maximum atomic E-state index is 10.9. The van der Waals surface area contributed by atoms with Gasteiger partial charge in [0.25, 0.3) is 0 Å². The maximum absolute atomic E-state index is 10.9. The predicted octanol–water partition coefficient (Wildman–Crippen LogP) is 3.11. The van der Waals surface area contributed by atoms with Crippen molar-refractivity contribution in [1.29, 1.82) is 0 Å². The summed E-state index contributed by atoms with van der Waals surface area (Å²) in [5.41, 5.74) is -0.103. The van der Waals surface area contributed by atoms with Crippen LogP contribution in [-0.4, -0.2) is 46.9 Å². The Morgan fingerprint density at radius 1 is 0.952 bits per heavy atom. The molecule has 0 bridgehead atoms. The second-order valence-corrected chi connectivity index (χ2v) is 8.18. The molecule has 0 radical (unpaired) electrons. The maximum Gasteiger partial charge on any atom is 0.0700 e. The molecule has 3 nitrogen and oxygen atoms in total. The van der Waals surface area contributed by atoms with Crippen molar-refractivity contribution >= 4 is 0 Å². The summed E-state index contributed by atoms with van der Waals surface area (Å²) in [7, 11) is 0. The fourth-order valence-electron chi connectivity index (χ4n) is 5.61. The second kappa shape index (κ2) is 5.50. The van der Waals surface area contributed by atoms with Gasteiger partial charge in [-0.1, -0.05) is 25.7 Å². The van der Waals surface area contributed by atoms with E-state index in [0.717, 1.165) is 32.5 Å². The van der Waals surface area contributed by atoms with Gasteiger partial charge in [-0.25, -0.2) is 0 Å². The molecule has 1 spiro atoms. The van der Waals surface area contributed by atoms with Gasteiger partial charge >= 0.3 is 0 Å². The van der Waals surface area contributed by atoms with Crippen LogP contribution in [0.25, 0.3) is 0 Å². The fraction of sp³-hybridized carbons (Fsp3) is 1.00. The number of nitrogens with zero attached hydrogens (tertiary/aromatic N) is 1. The summed E-state index contributed by atoms with van der Waals surface area (Å²) in [4.78, 5) is 2.72. The normalized spacial score (nSPS) is 43.9. The Balaban J connectivity index is 1.42. The van der Waals surface area contributed by atoms with E-state index in [4.69, 9.17) is 4.74 Å². The molecular formula is C18H31NO2. The third kappa shape index (κ3) is 2.66. The van der Waals surface area contributed by atoms with Gasteiger partial charge < -0.3 is 9.84 Å². The van der Waals surface area contributed by atoms with E-state index in [1.165, 1.54) is 57.8 Å². The Morgan fingerprint density at radius 2 is 1.76 bits per heavy atom. The summed E-state index contributed by atoms with van der Waals surface area (Å²) in [6.45, 7) is 3.20. The van der Waals surface area contributed by atoms with Crippen molar-refractivity contribution in [1.82, 2.24) is 4.90 Å². The SMILES string of the molecule is OC12CCCCC1CN(C1CCOC3(CCCC3)C1)CC2. The standard InChI is InChI=1S/C18H31NO2/c20-18-9-2-1-5-15(18)14-19(11-10-18)16-6-12-21-17(13-16)7-3-4-8-17/h15-16,20H,1-14H2. The smallest absolute Gasteiger partial charge is 0.0700 e. The molecule has 4 aliphatic rings. The van der Waals surface area contributed by atoms with Crippen LogP contribution in [0.3, 0.4) is 0 Å². The van der Waals surface area contributed by atoms with Gasteiger partial charge in [0.2, 0.25) is 0 Å². The van der Waals surface area contributed by atoms with E-state index in [1.54, 1.807) is 0 Å². The molecule has 0 aromatic carbocycles. The minimum atomic E-state index is -0.328. The van der Waals surface area contributed by atoms with Crippen LogP contribution in [0, 0.1) is 5.92 Å². The molecule has 21 heavy (non-hydrogen) atoms. The molecule has 2 aliphatic carbocycles. The number of fused-ring (bicyclic) bond motifs is 1. The summed E-state index contributed by atoms with van der Waals surface area (Å²) in [6, 6.07) is 0.711. The van der Waals surface area contributed by atoms with E-state index < -0.39 is 0 Å². The van der Waals surface area contributed by atoms with E-state index in [9.17, 15) is 5.11 Å². The van der Waals surface area contributed by atoms with Crippen LogP contribution in [0.1, 0.15) is 70.6 Å². The van der Waals surface area contributed by atoms with Crippen molar-refractivity contribution in [2.24, 2.45) is 5.92 Å². The first kappa shape index (κ1) is 14.5. The third-order valence-corrected chi connectivity index (χ3v) is 6.96. The lowest BCUT2D eigenvalue weighted by Gasteiger charge is -2.51. The van der Waals surface area contributed by atoms with Crippen LogP contribution in [-0.2, 0) is 4.74 Å². The Morgan fingerprint density at radius 3 is 2.62 bits per heavy atom. The molecule has 2 aliphatic heterocycles. The fourth-order valence-corrected chi connectivity index (χ4v) is 5.61. The monoisotopic (exact) mass is 293 g/mol. The summed E-state index contributed by atoms with van der Waals surface area (Å²) < 4.78 is 6.20. The van der Waals surface area contributed by atoms with E-state index in [-0.39, 0.29) is 11.2 Å². The Bertz CT molecular complexity index is 379. The lowest BCUT2D eigenvalue weighted by molar-refractivity contribution is -0.135. The summed E-state index contributed by atoms with van der Waals surface area (Å²) in [5, 5.41) is 10.9. The van der Waals surface area contributed by atoms with Gasteiger partial charge in [-0.05, 0) is 44.9 Å². The van der Waals surface area contributed by atoms with Crippen molar-refractivity contribution < 1.29 is 9.84 Å². The van der Waals surface area contributed by atoms with Crippen molar-refractivity contribution in [3.05, 3.63) is 0 Å². The number of aliphatic hydroxyl groups is 1. The van der Waals surface area contributed by atoms with Gasteiger partial charge in [0.05, 0.1) is 11.2 Å². The highest BCUT2D eigenvalue weighted by atomic mass is 16.5. The van der Waals surface area contributed by atoms with Crippen LogP contribution in [0.4, 0.5) is 0 Å². The van der Waals surface area contributed by atoms with Crippen molar-refractivity contribution in [2.45, 2.75) is 87.9 Å². The second-order valence-electron chi connectivity index (χ2n) is 8.18. The van der Waals surface area contributed by atoms with Crippen molar-refractivity contribution in [2.75, 3.05) is 19.7 Å². The quantitative estimate of drug-likeness (QED) is 0.806. The molecule has 4 fully saturated rings. The Kier molecular flexibility index (Phi) is 3.79. The van der Waals surface area contributed by atoms with Crippen LogP contribution >= 0.6 is 0 Å². The number of hydrogen-bond acceptors (Lipinski definition) is 3. The number of ether oxygens (including phenoxy) is 1. The molecule has 0 aromatic heterocycles. The van der Waals surface area contributed by atoms with Crippen LogP contribution < -0.4 is 0 Å². The molecule has 3 atom stereocenters. The third-order valence-electron chi connectivity index (χ3n) is 6.96. The average Bonchev–Trinajstić information content (AvgIpc) is 2.94. The first-order valence-corrected chi connectivity index (χ1v) is 9.30. The van der Waals surface area contributed by atoms with Crippen molar-refractivity contribution in [3.8, 4) is 0 Å². The highest BCUT2D eigenvalue weighted by Gasteiger charge is 2.47. The van der Waals surface area contributed by atoms with E-state index >= 15 is 0 Å². The molecule has 0 amide bonds. The summed E-state index contributed by atoms with van der Waals surface area (Å²) in [5.74, 6) is 0.530. The number of piperidine rings is 1. The van der Waals surface area contributed by atoms with Gasteiger partial charge in [-0.2, -0.15) is 0 Å². The molecule has 2 heterocycles. The topological polar surface area (TPSA) is 32.7 Å². The lowest BCUT2D eigenvalue weighted by atomic mass is 9.70. The Hall–Kier alpha value is -0.120. The minimum absolute atomic E-state index is 0.225. The number of rotatable bonds is 1. The van der Waals surface area contributed by atoms with Gasteiger partial charge in [0.1, 0.15) is 0 Å². The zero-order chi connectivity index (χ0) is 14.3. The molecule has 2 saturated heterocycles. The van der Waals surface area contributed by atoms with E-state index in [1.807, 2.05) is 0 Å². The molecule has 2 saturated carbocycles. The largest absolute Gasteiger partial charge is 0.390 e. The van der Waals surface area contributed by atoms with Gasteiger partial charge in [0, 0.05) is 31.7 Å². The van der Waals surface area contributed by atoms with Crippen molar-refractivity contribution in [3.63, 3.8) is 0 Å². The average molecular weight is 293 g/mol. The molecule has 0 aromatic rings. The highest BCUT2D eigenvalue weighted by molar-refractivity contribution is 5.00. The summed E-state index contributed by atoms with van der Waals surface area (Å²) >= 11 is 0. The molecule has 3 heteroatoms. The lowest BCUT2D eigenvalue weighted by Crippen LogP contribution is -2.57. The van der Waals surface area contributed by atoms with Gasteiger partial charge in [-0.3, -0.25) is 4.90 Å². The molecule has 1 N–H and O–H groups in total. The molecule has 3 unspecified atom stereocenters.